The van der Waals surface area contributed by atoms with Crippen LogP contribution in [0, 0.1) is 0 Å². The predicted octanol–water partition coefficient (Wildman–Crippen LogP) is 2.16. The summed E-state index contributed by atoms with van der Waals surface area (Å²) >= 11 is 8.56. The van der Waals surface area contributed by atoms with Gasteiger partial charge in [0.1, 0.15) is 6.10 Å². The van der Waals surface area contributed by atoms with E-state index in [9.17, 15) is 0 Å². The Morgan fingerprint density at radius 3 is 2.30 bits per heavy atom. The summed E-state index contributed by atoms with van der Waals surface area (Å²) < 4.78 is 5.60. The van der Waals surface area contributed by atoms with Crippen molar-refractivity contribution in [1.29, 1.82) is 0 Å². The Morgan fingerprint density at radius 2 is 1.90 bits per heavy atom. The maximum Gasteiger partial charge on any atom is 3.00 e. The van der Waals surface area contributed by atoms with Crippen LogP contribution >= 0.6 is 24.8 Å². The van der Waals surface area contributed by atoms with Gasteiger partial charge in [-0.1, -0.05) is 12.6 Å². The summed E-state index contributed by atoms with van der Waals surface area (Å²) in [5.74, 6) is 0. The fraction of sp³-hybridized carbons (Fsp3) is 0.833. The number of ether oxygens (including phenoxy) is 1. The van der Waals surface area contributed by atoms with Crippen LogP contribution in [0.4, 0.5) is 0 Å². The first-order chi connectivity index (χ1) is 4.29. The van der Waals surface area contributed by atoms with Crippen LogP contribution < -0.4 is 0 Å². The van der Waals surface area contributed by atoms with E-state index < -0.39 is 0 Å². The Hall–Kier alpha value is 0.980. The van der Waals surface area contributed by atoms with Crippen molar-refractivity contribution in [1.82, 2.24) is 0 Å². The minimum Gasteiger partial charge on any atom is -0.475 e. The second-order valence-electron chi connectivity index (χ2n) is 2.29. The summed E-state index contributed by atoms with van der Waals surface area (Å²) in [6, 6.07) is 0. The quantitative estimate of drug-likeness (QED) is 0.437. The van der Waals surface area contributed by atoms with E-state index in [1.807, 2.05) is 0 Å². The third kappa shape index (κ3) is 3.98. The minimum absolute atomic E-state index is 0. The molecule has 1 saturated carbocycles. The SMILES string of the molecule is S=C(S)OC1CCCC1.[Au+3]. The monoisotopic (exact) mass is 359 g/mol. The zero-order valence-corrected chi connectivity index (χ0v) is 9.35. The molecule has 1 fully saturated rings. The van der Waals surface area contributed by atoms with Crippen molar-refractivity contribution in [2.75, 3.05) is 0 Å². The topological polar surface area (TPSA) is 9.23 Å². The van der Waals surface area contributed by atoms with Gasteiger partial charge in [-0.25, -0.2) is 0 Å². The van der Waals surface area contributed by atoms with Crippen LogP contribution in [-0.4, -0.2) is 10.5 Å². The van der Waals surface area contributed by atoms with Gasteiger partial charge in [-0.15, -0.1) is 0 Å². The minimum atomic E-state index is 0. The molecule has 1 aliphatic rings. The second kappa shape index (κ2) is 5.61. The van der Waals surface area contributed by atoms with Gasteiger partial charge in [0.15, 0.2) is 0 Å². The van der Waals surface area contributed by atoms with E-state index in [-0.39, 0.29) is 22.4 Å². The van der Waals surface area contributed by atoms with E-state index in [0.717, 1.165) is 12.8 Å². The Balaban J connectivity index is 0.000000810. The molecule has 0 heterocycles. The average Bonchev–Trinajstić information content (AvgIpc) is 2.15. The molecule has 0 bridgehead atoms. The first kappa shape index (κ1) is 11.0. The first-order valence-corrected chi connectivity index (χ1v) is 4.04. The molecule has 0 unspecified atom stereocenters. The largest absolute Gasteiger partial charge is 3.00 e. The van der Waals surface area contributed by atoms with Crippen molar-refractivity contribution in [2.45, 2.75) is 31.8 Å². The Bertz CT molecular complexity index is 112. The van der Waals surface area contributed by atoms with E-state index >= 15 is 0 Å². The van der Waals surface area contributed by atoms with Crippen LogP contribution in [0.25, 0.3) is 0 Å². The molecule has 0 aromatic carbocycles. The van der Waals surface area contributed by atoms with Gasteiger partial charge in [-0.05, 0) is 37.9 Å². The van der Waals surface area contributed by atoms with Gasteiger partial charge in [0.25, 0.3) is 0 Å². The van der Waals surface area contributed by atoms with Gasteiger partial charge < -0.3 is 4.74 Å². The molecule has 0 radical (unpaired) electrons. The molecule has 0 aromatic rings. The molecule has 0 spiro atoms. The number of hydrogen-bond donors (Lipinski definition) is 1. The zero-order valence-electron chi connectivity index (χ0n) is 5.47. The third-order valence-corrected chi connectivity index (χ3v) is 1.77. The molecule has 4 heteroatoms. The van der Waals surface area contributed by atoms with Crippen LogP contribution in [0.15, 0.2) is 0 Å². The fourth-order valence-electron chi connectivity index (χ4n) is 1.15. The molecular formula is C6H10AuOS2+3. The van der Waals surface area contributed by atoms with E-state index in [0.29, 0.717) is 10.5 Å². The normalized spacial score (nSPS) is 18.1. The Kier molecular flexibility index (Phi) is 6.16. The van der Waals surface area contributed by atoms with Gasteiger partial charge in [-0.2, -0.15) is 0 Å². The number of rotatable bonds is 1. The van der Waals surface area contributed by atoms with Crippen molar-refractivity contribution in [3.63, 3.8) is 0 Å². The molecule has 0 aliphatic heterocycles. The number of thiocarbonyl (C=S) groups is 1. The van der Waals surface area contributed by atoms with Crippen molar-refractivity contribution >= 4 is 29.2 Å². The standard InChI is InChI=1S/C6H10OS2.Au/c8-6(9)7-5-3-1-2-4-5;/h5H,1-4H2,(H,8,9);/q;+3. The molecule has 1 aliphatic carbocycles. The molecule has 10 heavy (non-hydrogen) atoms. The summed E-state index contributed by atoms with van der Waals surface area (Å²) in [6.45, 7) is 0. The Labute approximate surface area is 87.8 Å². The summed E-state index contributed by atoms with van der Waals surface area (Å²) in [6.07, 6.45) is 5.23. The molecule has 1 nitrogen and oxygen atoms in total. The van der Waals surface area contributed by atoms with Crippen molar-refractivity contribution in [3.8, 4) is 0 Å². The summed E-state index contributed by atoms with van der Waals surface area (Å²) in [4.78, 5) is 0. The molecule has 0 aromatic heterocycles. The van der Waals surface area contributed by atoms with Crippen LogP contribution in [0.5, 0.6) is 0 Å². The third-order valence-electron chi connectivity index (χ3n) is 1.57. The molecule has 0 saturated heterocycles. The van der Waals surface area contributed by atoms with E-state index in [1.165, 1.54) is 12.8 Å². The molecule has 0 N–H and O–H groups in total. The van der Waals surface area contributed by atoms with Gasteiger partial charge in [-0.3, -0.25) is 0 Å². The van der Waals surface area contributed by atoms with Crippen LogP contribution in [0.3, 0.4) is 0 Å². The van der Waals surface area contributed by atoms with Crippen molar-refractivity contribution in [2.24, 2.45) is 0 Å². The molecule has 0 atom stereocenters. The van der Waals surface area contributed by atoms with Crippen LogP contribution in [0.1, 0.15) is 25.7 Å². The Morgan fingerprint density at radius 1 is 1.40 bits per heavy atom. The number of thiol groups is 1. The van der Waals surface area contributed by atoms with Gasteiger partial charge >= 0.3 is 22.4 Å². The maximum absolute atomic E-state index is 5.21. The maximum atomic E-state index is 5.21. The fourth-order valence-corrected chi connectivity index (χ4v) is 1.43. The summed E-state index contributed by atoms with van der Waals surface area (Å²) in [5, 5.41) is 0. The average molecular weight is 359 g/mol. The molecular weight excluding hydrogens is 349 g/mol. The predicted molar refractivity (Wildman–Crippen MR) is 44.9 cm³/mol. The summed E-state index contributed by atoms with van der Waals surface area (Å²) in [7, 11) is 0. The summed E-state index contributed by atoms with van der Waals surface area (Å²) in [5.41, 5.74) is 0. The number of hydrogen-bond acceptors (Lipinski definition) is 2. The molecule has 1 rings (SSSR count). The van der Waals surface area contributed by atoms with Crippen LogP contribution in [0.2, 0.25) is 0 Å². The van der Waals surface area contributed by atoms with Gasteiger partial charge in [0.05, 0.1) is 0 Å². The zero-order chi connectivity index (χ0) is 6.69. The van der Waals surface area contributed by atoms with E-state index in [2.05, 4.69) is 24.8 Å². The van der Waals surface area contributed by atoms with Gasteiger partial charge in [0, 0.05) is 0 Å². The van der Waals surface area contributed by atoms with Crippen molar-refractivity contribution in [3.05, 3.63) is 0 Å². The van der Waals surface area contributed by atoms with Crippen LogP contribution in [-0.2, 0) is 27.1 Å². The van der Waals surface area contributed by atoms with E-state index in [4.69, 9.17) is 4.74 Å². The first-order valence-electron chi connectivity index (χ1n) is 3.18. The van der Waals surface area contributed by atoms with Gasteiger partial charge in [0.2, 0.25) is 4.38 Å². The molecule has 60 valence electrons. The molecule has 0 amide bonds. The van der Waals surface area contributed by atoms with Crippen molar-refractivity contribution < 1.29 is 27.1 Å². The second-order valence-corrected chi connectivity index (χ2v) is 3.37. The van der Waals surface area contributed by atoms with E-state index in [1.54, 1.807) is 0 Å². The smallest absolute Gasteiger partial charge is 0.475 e.